The van der Waals surface area contributed by atoms with Crippen LogP contribution in [-0.2, 0) is 20.7 Å². The maximum absolute atomic E-state index is 12.6. The van der Waals surface area contributed by atoms with E-state index in [9.17, 15) is 9.59 Å². The van der Waals surface area contributed by atoms with E-state index in [2.05, 4.69) is 19.1 Å². The lowest BCUT2D eigenvalue weighted by atomic mass is 9.52. The van der Waals surface area contributed by atoms with Crippen LogP contribution in [0.1, 0.15) is 70.3 Å². The molecule has 6 atom stereocenters. The Kier molecular flexibility index (Phi) is 5.33. The summed E-state index contributed by atoms with van der Waals surface area (Å²) in [5, 5.41) is 0. The number of ether oxygens (including phenoxy) is 1. The lowest BCUT2D eigenvalue weighted by Gasteiger charge is -2.53. The standard InChI is InChI=1S/C27H34O3/c1-27-16-15-22-21-11-9-20(28)17-19(21)8-10-23(22)24(27)12-13-25(27)30-26(29)14-7-18-5-3-2-4-6-18/h2-6,17,21-25H,7-16H2,1H3/t21-,22-,23+,24-,25-,27+/m1/s1. The van der Waals surface area contributed by atoms with Crippen molar-refractivity contribution < 1.29 is 14.3 Å². The van der Waals surface area contributed by atoms with Gasteiger partial charge in [-0.05, 0) is 86.7 Å². The number of hydrogen-bond acceptors (Lipinski definition) is 3. The van der Waals surface area contributed by atoms with Gasteiger partial charge >= 0.3 is 5.97 Å². The van der Waals surface area contributed by atoms with Gasteiger partial charge in [-0.2, -0.15) is 0 Å². The average Bonchev–Trinajstić information content (AvgIpc) is 3.09. The molecule has 3 saturated carbocycles. The highest BCUT2D eigenvalue weighted by atomic mass is 16.5. The summed E-state index contributed by atoms with van der Waals surface area (Å²) in [4.78, 5) is 24.5. The van der Waals surface area contributed by atoms with E-state index in [1.165, 1.54) is 30.4 Å². The minimum Gasteiger partial charge on any atom is -0.462 e. The zero-order valence-corrected chi connectivity index (χ0v) is 18.1. The Bertz CT molecular complexity index is 841. The number of aryl methyl sites for hydroxylation is 1. The van der Waals surface area contributed by atoms with Crippen molar-refractivity contribution in [3.05, 3.63) is 47.5 Å². The van der Waals surface area contributed by atoms with E-state index < -0.39 is 0 Å². The summed E-state index contributed by atoms with van der Waals surface area (Å²) >= 11 is 0. The predicted octanol–water partition coefficient (Wildman–Crippen LogP) is 5.67. The number of esters is 1. The van der Waals surface area contributed by atoms with Crippen LogP contribution in [0.3, 0.4) is 0 Å². The van der Waals surface area contributed by atoms with E-state index in [0.29, 0.717) is 24.0 Å². The fraction of sp³-hybridized carbons (Fsp3) is 0.630. The van der Waals surface area contributed by atoms with E-state index >= 15 is 0 Å². The minimum atomic E-state index is -0.0347. The maximum Gasteiger partial charge on any atom is 0.306 e. The van der Waals surface area contributed by atoms with Gasteiger partial charge in [0.15, 0.2) is 5.78 Å². The van der Waals surface area contributed by atoms with Gasteiger partial charge in [-0.3, -0.25) is 9.59 Å². The van der Waals surface area contributed by atoms with Gasteiger partial charge in [-0.15, -0.1) is 0 Å². The Labute approximate surface area is 180 Å². The number of benzene rings is 1. The SMILES string of the molecule is C[C@]12CC[C@H]3[C@H](CCC4=CC(=O)CC[C@H]43)[C@H]1CC[C@H]2OC(=O)CCc1ccccc1. The quantitative estimate of drug-likeness (QED) is 0.605. The first-order chi connectivity index (χ1) is 14.5. The molecule has 0 aliphatic heterocycles. The molecule has 0 aromatic heterocycles. The molecule has 0 heterocycles. The Morgan fingerprint density at radius 1 is 1.03 bits per heavy atom. The van der Waals surface area contributed by atoms with Crippen LogP contribution in [0, 0.1) is 29.1 Å². The molecule has 0 spiro atoms. The third kappa shape index (κ3) is 3.55. The van der Waals surface area contributed by atoms with E-state index in [1.54, 1.807) is 0 Å². The number of fused-ring (bicyclic) bond motifs is 5. The van der Waals surface area contributed by atoms with E-state index in [-0.39, 0.29) is 17.5 Å². The molecule has 160 valence electrons. The number of ketones is 1. The monoisotopic (exact) mass is 406 g/mol. The van der Waals surface area contributed by atoms with Crippen LogP contribution in [0.5, 0.6) is 0 Å². The van der Waals surface area contributed by atoms with Gasteiger partial charge < -0.3 is 4.74 Å². The molecular formula is C27H34O3. The first kappa shape index (κ1) is 20.0. The van der Waals surface area contributed by atoms with E-state index in [4.69, 9.17) is 4.74 Å². The van der Waals surface area contributed by atoms with Crippen molar-refractivity contribution in [2.75, 3.05) is 0 Å². The molecule has 4 aliphatic carbocycles. The van der Waals surface area contributed by atoms with Crippen LogP contribution in [0.2, 0.25) is 0 Å². The van der Waals surface area contributed by atoms with Gasteiger partial charge in [0.1, 0.15) is 6.10 Å². The molecule has 3 nitrogen and oxygen atoms in total. The van der Waals surface area contributed by atoms with Crippen molar-refractivity contribution >= 4 is 11.8 Å². The summed E-state index contributed by atoms with van der Waals surface area (Å²) in [5.74, 6) is 3.09. The smallest absolute Gasteiger partial charge is 0.306 e. The summed E-state index contributed by atoms with van der Waals surface area (Å²) < 4.78 is 6.11. The van der Waals surface area contributed by atoms with Crippen molar-refractivity contribution in [3.63, 3.8) is 0 Å². The van der Waals surface area contributed by atoms with Crippen LogP contribution in [0.25, 0.3) is 0 Å². The van der Waals surface area contributed by atoms with Crippen molar-refractivity contribution in [3.8, 4) is 0 Å². The third-order valence-corrected chi connectivity index (χ3v) is 8.95. The molecule has 0 N–H and O–H groups in total. The number of carbonyl (C=O) groups excluding carboxylic acids is 2. The number of rotatable bonds is 4. The molecule has 0 saturated heterocycles. The Balaban J connectivity index is 1.23. The molecule has 1 aromatic rings. The van der Waals surface area contributed by atoms with Gasteiger partial charge in [-0.25, -0.2) is 0 Å². The predicted molar refractivity (Wildman–Crippen MR) is 117 cm³/mol. The fourth-order valence-electron chi connectivity index (χ4n) is 7.43. The van der Waals surface area contributed by atoms with Gasteiger partial charge in [0, 0.05) is 18.3 Å². The topological polar surface area (TPSA) is 43.4 Å². The molecule has 4 aliphatic rings. The fourth-order valence-corrected chi connectivity index (χ4v) is 7.43. The molecule has 3 heteroatoms. The van der Waals surface area contributed by atoms with Crippen LogP contribution in [0.4, 0.5) is 0 Å². The molecule has 0 unspecified atom stereocenters. The average molecular weight is 407 g/mol. The number of carbonyl (C=O) groups is 2. The lowest BCUT2D eigenvalue weighted by Crippen LogP contribution is -2.48. The van der Waals surface area contributed by atoms with E-state index in [0.717, 1.165) is 50.4 Å². The van der Waals surface area contributed by atoms with E-state index in [1.807, 2.05) is 24.3 Å². The Morgan fingerprint density at radius 3 is 2.70 bits per heavy atom. The first-order valence-corrected chi connectivity index (χ1v) is 12.0. The molecular weight excluding hydrogens is 372 g/mol. The van der Waals surface area contributed by atoms with Gasteiger partial charge in [-0.1, -0.05) is 42.8 Å². The van der Waals surface area contributed by atoms with Crippen LogP contribution >= 0.6 is 0 Å². The van der Waals surface area contributed by atoms with Gasteiger partial charge in [0.25, 0.3) is 0 Å². The highest BCUT2D eigenvalue weighted by Gasteiger charge is 2.57. The Morgan fingerprint density at radius 2 is 1.87 bits per heavy atom. The minimum absolute atomic E-state index is 0.0347. The second-order valence-electron chi connectivity index (χ2n) is 10.4. The van der Waals surface area contributed by atoms with Crippen LogP contribution in [0.15, 0.2) is 42.0 Å². The first-order valence-electron chi connectivity index (χ1n) is 12.0. The second kappa shape index (κ2) is 7.98. The van der Waals surface area contributed by atoms with Gasteiger partial charge in [0.05, 0.1) is 0 Å². The van der Waals surface area contributed by atoms with Crippen molar-refractivity contribution in [1.29, 1.82) is 0 Å². The molecule has 1 aromatic carbocycles. The number of allylic oxidation sites excluding steroid dienone is 1. The van der Waals surface area contributed by atoms with Crippen molar-refractivity contribution in [2.45, 2.75) is 77.2 Å². The molecule has 0 amide bonds. The Hall–Kier alpha value is -1.90. The number of hydrogen-bond donors (Lipinski definition) is 0. The van der Waals surface area contributed by atoms with Crippen LogP contribution < -0.4 is 0 Å². The highest BCUT2D eigenvalue weighted by Crippen LogP contribution is 2.62. The molecule has 0 radical (unpaired) electrons. The maximum atomic E-state index is 12.6. The largest absolute Gasteiger partial charge is 0.462 e. The summed E-state index contributed by atoms with van der Waals surface area (Å²) in [6.45, 7) is 2.39. The molecule has 5 rings (SSSR count). The van der Waals surface area contributed by atoms with Crippen LogP contribution in [-0.4, -0.2) is 17.9 Å². The molecule has 3 fully saturated rings. The molecule has 0 bridgehead atoms. The van der Waals surface area contributed by atoms with Crippen molar-refractivity contribution in [1.82, 2.24) is 0 Å². The van der Waals surface area contributed by atoms with Crippen molar-refractivity contribution in [2.24, 2.45) is 29.1 Å². The summed E-state index contributed by atoms with van der Waals surface area (Å²) in [7, 11) is 0. The zero-order valence-electron chi connectivity index (χ0n) is 18.1. The summed E-state index contributed by atoms with van der Waals surface area (Å²) in [6, 6.07) is 10.2. The zero-order chi connectivity index (χ0) is 20.7. The highest BCUT2D eigenvalue weighted by molar-refractivity contribution is 5.91. The third-order valence-electron chi connectivity index (χ3n) is 8.95. The summed E-state index contributed by atoms with van der Waals surface area (Å²) in [6.07, 6.45) is 12.0. The normalized spacial score (nSPS) is 37.6. The molecule has 30 heavy (non-hydrogen) atoms. The lowest BCUT2D eigenvalue weighted by molar-refractivity contribution is -0.158. The summed E-state index contributed by atoms with van der Waals surface area (Å²) in [5.41, 5.74) is 2.77. The van der Waals surface area contributed by atoms with Gasteiger partial charge in [0.2, 0.25) is 0 Å². The second-order valence-corrected chi connectivity index (χ2v) is 10.4.